The topological polar surface area (TPSA) is 32.7 Å². The van der Waals surface area contributed by atoms with Crippen LogP contribution in [-0.2, 0) is 13.0 Å². The lowest BCUT2D eigenvalue weighted by Gasteiger charge is -2.16. The summed E-state index contributed by atoms with van der Waals surface area (Å²) >= 11 is 0. The van der Waals surface area contributed by atoms with Gasteiger partial charge in [-0.3, -0.25) is 0 Å². The summed E-state index contributed by atoms with van der Waals surface area (Å²) in [6.07, 6.45) is 3.00. The Labute approximate surface area is 110 Å². The molecule has 0 aliphatic heterocycles. The maximum atomic E-state index is 9.86. The van der Waals surface area contributed by atoms with E-state index in [0.29, 0.717) is 5.75 Å². The predicted molar refractivity (Wildman–Crippen MR) is 75.2 cm³/mol. The van der Waals surface area contributed by atoms with Gasteiger partial charge in [0, 0.05) is 6.54 Å². The number of phenolic OH excluding ortho intramolecular Hbond substituents is 1. The van der Waals surface area contributed by atoms with E-state index >= 15 is 0 Å². The van der Waals surface area contributed by atoms with Crippen molar-refractivity contribution in [1.29, 1.82) is 0 Å². The first-order valence-electron chi connectivity index (χ1n) is 6.11. The summed E-state index contributed by atoms with van der Waals surface area (Å²) in [4.78, 5) is 2.11. The first-order chi connectivity index (χ1) is 8.43. The van der Waals surface area contributed by atoms with E-state index in [1.54, 1.807) is 13.2 Å². The zero-order valence-corrected chi connectivity index (χ0v) is 11.9. The lowest BCUT2D eigenvalue weighted by molar-refractivity contribution is 0.367. The molecule has 0 aliphatic rings. The Kier molecular flexibility index (Phi) is 5.23. The molecule has 0 atom stereocenters. The Morgan fingerprint density at radius 1 is 1.28 bits per heavy atom. The molecule has 0 saturated heterocycles. The highest BCUT2D eigenvalue weighted by atomic mass is 16.5. The van der Waals surface area contributed by atoms with Gasteiger partial charge >= 0.3 is 0 Å². The van der Waals surface area contributed by atoms with Gasteiger partial charge in [0.1, 0.15) is 0 Å². The number of ether oxygens (including phenoxy) is 1. The van der Waals surface area contributed by atoms with Gasteiger partial charge in [0.15, 0.2) is 11.5 Å². The third-order valence-corrected chi connectivity index (χ3v) is 2.72. The van der Waals surface area contributed by atoms with Crippen LogP contribution in [0.2, 0.25) is 0 Å². The highest BCUT2D eigenvalue weighted by Gasteiger charge is 2.09. The Bertz CT molecular complexity index is 432. The van der Waals surface area contributed by atoms with Crippen molar-refractivity contribution < 1.29 is 9.84 Å². The Morgan fingerprint density at radius 3 is 2.44 bits per heavy atom. The van der Waals surface area contributed by atoms with Gasteiger partial charge in [-0.1, -0.05) is 11.6 Å². The molecule has 0 saturated carbocycles. The van der Waals surface area contributed by atoms with Crippen LogP contribution in [0.5, 0.6) is 11.5 Å². The molecule has 0 fully saturated rings. The van der Waals surface area contributed by atoms with E-state index in [-0.39, 0.29) is 5.75 Å². The second-order valence-electron chi connectivity index (χ2n) is 5.02. The Balaban J connectivity index is 3.12. The van der Waals surface area contributed by atoms with E-state index in [1.807, 2.05) is 20.2 Å². The lowest BCUT2D eigenvalue weighted by atomic mass is 10.0. The average molecular weight is 249 g/mol. The molecule has 3 heteroatoms. The molecule has 1 N–H and O–H groups in total. The summed E-state index contributed by atoms with van der Waals surface area (Å²) in [5.41, 5.74) is 3.61. The van der Waals surface area contributed by atoms with Crippen molar-refractivity contribution in [3.63, 3.8) is 0 Å². The van der Waals surface area contributed by atoms with Crippen LogP contribution in [0.15, 0.2) is 23.8 Å². The predicted octanol–water partition coefficient (Wildman–Crippen LogP) is 2.97. The molecule has 0 spiro atoms. The highest BCUT2D eigenvalue weighted by Crippen LogP contribution is 2.30. The molecule has 0 unspecified atom stereocenters. The molecule has 1 aromatic carbocycles. The molecule has 0 radical (unpaired) electrons. The van der Waals surface area contributed by atoms with Crippen LogP contribution in [0.4, 0.5) is 0 Å². The van der Waals surface area contributed by atoms with Crippen molar-refractivity contribution >= 4 is 0 Å². The number of rotatable bonds is 5. The first-order valence-corrected chi connectivity index (χ1v) is 6.11. The molecule has 0 bridgehead atoms. The van der Waals surface area contributed by atoms with Gasteiger partial charge in [-0.25, -0.2) is 0 Å². The summed E-state index contributed by atoms with van der Waals surface area (Å²) in [6, 6.07) is 3.72. The van der Waals surface area contributed by atoms with Gasteiger partial charge in [0.05, 0.1) is 7.11 Å². The summed E-state index contributed by atoms with van der Waals surface area (Å²) in [7, 11) is 5.64. The Morgan fingerprint density at radius 2 is 1.94 bits per heavy atom. The first kappa shape index (κ1) is 14.6. The molecule has 0 heterocycles. The minimum Gasteiger partial charge on any atom is -0.504 e. The summed E-state index contributed by atoms with van der Waals surface area (Å²) in [5, 5.41) is 9.86. The summed E-state index contributed by atoms with van der Waals surface area (Å²) < 4.78 is 5.16. The summed E-state index contributed by atoms with van der Waals surface area (Å²) in [5.74, 6) is 0.741. The van der Waals surface area contributed by atoms with Crippen molar-refractivity contribution in [2.45, 2.75) is 26.8 Å². The second kappa shape index (κ2) is 6.45. The quantitative estimate of drug-likeness (QED) is 0.814. The fraction of sp³-hybridized carbons (Fsp3) is 0.467. The smallest absolute Gasteiger partial charge is 0.160 e. The maximum absolute atomic E-state index is 9.86. The van der Waals surface area contributed by atoms with E-state index in [2.05, 4.69) is 24.8 Å². The molecule has 0 aromatic heterocycles. The monoisotopic (exact) mass is 249 g/mol. The van der Waals surface area contributed by atoms with Gasteiger partial charge in [-0.05, 0) is 57.6 Å². The SMILES string of the molecule is COc1cc(CN(C)C)c(CC=C(C)C)cc1O. The van der Waals surface area contributed by atoms with Crippen LogP contribution in [0.1, 0.15) is 25.0 Å². The normalized spacial score (nSPS) is 10.6. The largest absolute Gasteiger partial charge is 0.504 e. The van der Waals surface area contributed by atoms with E-state index in [4.69, 9.17) is 4.74 Å². The van der Waals surface area contributed by atoms with E-state index in [9.17, 15) is 5.11 Å². The van der Waals surface area contributed by atoms with Gasteiger partial charge < -0.3 is 14.7 Å². The minimum atomic E-state index is 0.206. The molecule has 0 aliphatic carbocycles. The number of aromatic hydroxyl groups is 1. The zero-order chi connectivity index (χ0) is 13.7. The van der Waals surface area contributed by atoms with Crippen molar-refractivity contribution in [2.75, 3.05) is 21.2 Å². The third-order valence-electron chi connectivity index (χ3n) is 2.72. The third kappa shape index (κ3) is 4.08. The number of hydrogen-bond donors (Lipinski definition) is 1. The van der Waals surface area contributed by atoms with Crippen molar-refractivity contribution in [3.8, 4) is 11.5 Å². The fourth-order valence-corrected chi connectivity index (χ4v) is 1.81. The number of allylic oxidation sites excluding steroid dienone is 2. The number of benzene rings is 1. The van der Waals surface area contributed by atoms with E-state index < -0.39 is 0 Å². The van der Waals surface area contributed by atoms with Crippen molar-refractivity contribution in [1.82, 2.24) is 4.90 Å². The van der Waals surface area contributed by atoms with Crippen molar-refractivity contribution in [2.24, 2.45) is 0 Å². The molecule has 3 nitrogen and oxygen atoms in total. The minimum absolute atomic E-state index is 0.206. The number of methoxy groups -OCH3 is 1. The molecule has 1 rings (SSSR count). The van der Waals surface area contributed by atoms with Crippen LogP contribution in [0.3, 0.4) is 0 Å². The standard InChI is InChI=1S/C15H23NO2/c1-11(2)6-7-12-8-14(17)15(18-5)9-13(12)10-16(3)4/h6,8-9,17H,7,10H2,1-5H3. The Hall–Kier alpha value is -1.48. The number of nitrogens with zero attached hydrogens (tertiary/aromatic N) is 1. The van der Waals surface area contributed by atoms with Crippen LogP contribution >= 0.6 is 0 Å². The molecule has 18 heavy (non-hydrogen) atoms. The average Bonchev–Trinajstić information content (AvgIpc) is 2.28. The van der Waals surface area contributed by atoms with Gasteiger partial charge in [-0.15, -0.1) is 0 Å². The second-order valence-corrected chi connectivity index (χ2v) is 5.02. The van der Waals surface area contributed by atoms with Crippen molar-refractivity contribution in [3.05, 3.63) is 34.9 Å². The van der Waals surface area contributed by atoms with Crippen LogP contribution < -0.4 is 4.74 Å². The van der Waals surface area contributed by atoms with E-state index in [0.717, 1.165) is 18.5 Å². The van der Waals surface area contributed by atoms with Crippen LogP contribution in [-0.4, -0.2) is 31.2 Å². The maximum Gasteiger partial charge on any atom is 0.160 e. The fourth-order valence-electron chi connectivity index (χ4n) is 1.81. The van der Waals surface area contributed by atoms with Gasteiger partial charge in [-0.2, -0.15) is 0 Å². The van der Waals surface area contributed by atoms with Gasteiger partial charge in [0.25, 0.3) is 0 Å². The molecule has 100 valence electrons. The molecule has 0 amide bonds. The number of hydrogen-bond acceptors (Lipinski definition) is 3. The zero-order valence-electron chi connectivity index (χ0n) is 11.9. The van der Waals surface area contributed by atoms with E-state index in [1.165, 1.54) is 11.1 Å². The molecule has 1 aromatic rings. The van der Waals surface area contributed by atoms with Crippen LogP contribution in [0, 0.1) is 0 Å². The highest BCUT2D eigenvalue weighted by molar-refractivity contribution is 5.47. The summed E-state index contributed by atoms with van der Waals surface area (Å²) in [6.45, 7) is 4.99. The van der Waals surface area contributed by atoms with Crippen LogP contribution in [0.25, 0.3) is 0 Å². The molecular weight excluding hydrogens is 226 g/mol. The number of phenols is 1. The molecular formula is C15H23NO2. The van der Waals surface area contributed by atoms with Gasteiger partial charge in [0.2, 0.25) is 0 Å². The lowest BCUT2D eigenvalue weighted by Crippen LogP contribution is -2.12.